The van der Waals surface area contributed by atoms with E-state index in [0.717, 1.165) is 44.1 Å². The Morgan fingerprint density at radius 1 is 0.520 bits per heavy atom. The number of para-hydroxylation sites is 2. The largest absolute Gasteiger partial charge is 0.361 e. The molecule has 0 aliphatic rings. The Morgan fingerprint density at radius 3 is 1.36 bits per heavy atom. The molecule has 7 heteroatoms. The second-order valence-corrected chi connectivity index (χ2v) is 14.7. The minimum atomic E-state index is -0.526. The van der Waals surface area contributed by atoms with Gasteiger partial charge < -0.3 is 20.6 Å². The number of aromatic amines is 2. The van der Waals surface area contributed by atoms with E-state index >= 15 is 4.79 Å². The molecule has 4 heterocycles. The third-order valence-electron chi connectivity index (χ3n) is 9.66. The molecule has 4 aromatic heterocycles. The van der Waals surface area contributed by atoms with Crippen molar-refractivity contribution in [3.8, 4) is 0 Å². The Bertz CT molecular complexity index is 2110. The lowest BCUT2D eigenvalue weighted by atomic mass is 9.73. The highest BCUT2D eigenvalue weighted by molar-refractivity contribution is 7.10. The van der Waals surface area contributed by atoms with E-state index in [2.05, 4.69) is 153 Å². The lowest BCUT2D eigenvalue weighted by molar-refractivity contribution is -0.123. The third kappa shape index (κ3) is 6.61. The number of carbonyl (C=O) groups excluding carboxylic acids is 1. The highest BCUT2D eigenvalue weighted by Crippen LogP contribution is 2.45. The van der Waals surface area contributed by atoms with Crippen LogP contribution < -0.4 is 10.6 Å². The van der Waals surface area contributed by atoms with E-state index in [1.54, 1.807) is 22.7 Å². The molecule has 0 saturated carbocycles. The molecule has 0 aliphatic carbocycles. The first kappa shape index (κ1) is 32.2. The maximum absolute atomic E-state index is 16.2. The summed E-state index contributed by atoms with van der Waals surface area (Å²) in [5.41, 5.74) is 6.18. The van der Waals surface area contributed by atoms with Gasteiger partial charge in [-0.2, -0.15) is 0 Å². The topological polar surface area (TPSA) is 72.7 Å². The third-order valence-corrected chi connectivity index (χ3v) is 11.4. The first-order valence-corrected chi connectivity index (χ1v) is 18.8. The predicted molar refractivity (Wildman–Crippen MR) is 208 cm³/mol. The summed E-state index contributed by atoms with van der Waals surface area (Å²) in [6.07, 6.45) is 4.11. The molecular formula is C43H38N4OS2. The number of hydrogen-bond acceptors (Lipinski definition) is 5. The fraction of sp³-hybridized carbons (Fsp3) is 0.140. The van der Waals surface area contributed by atoms with Crippen LogP contribution >= 0.6 is 22.7 Å². The van der Waals surface area contributed by atoms with Gasteiger partial charge in [0.1, 0.15) is 0 Å². The zero-order valence-electron chi connectivity index (χ0n) is 27.5. The van der Waals surface area contributed by atoms with Crippen molar-refractivity contribution in [2.75, 3.05) is 0 Å². The summed E-state index contributed by atoms with van der Waals surface area (Å²) in [6.45, 7) is 1.31. The summed E-state index contributed by atoms with van der Waals surface area (Å²) in [5.74, 6) is -0.900. The van der Waals surface area contributed by atoms with E-state index < -0.39 is 11.8 Å². The van der Waals surface area contributed by atoms with Gasteiger partial charge in [0.05, 0.1) is 11.8 Å². The van der Waals surface area contributed by atoms with Crippen LogP contribution in [0.3, 0.4) is 0 Å². The first-order valence-electron chi connectivity index (χ1n) is 17.0. The van der Waals surface area contributed by atoms with Crippen LogP contribution in [0.2, 0.25) is 0 Å². The standard InChI is InChI=1S/C43H38N4OS2/c48-43(39(35-27-44-37-21-9-7-19-33(35)37)41(29-13-3-1-4-14-29)46-25-31-17-11-23-49-31)40(36-28-45-38-22-10-8-20-34(36)38)42(30-15-5-2-6-16-30)47-26-32-18-12-24-50-32/h1-24,27-28,39-42,44-47H,25-26H2. The van der Waals surface area contributed by atoms with Crippen LogP contribution in [0.5, 0.6) is 0 Å². The van der Waals surface area contributed by atoms with Crippen LogP contribution in [0.25, 0.3) is 21.8 Å². The van der Waals surface area contributed by atoms with E-state index in [9.17, 15) is 0 Å². The van der Waals surface area contributed by atoms with E-state index in [4.69, 9.17) is 0 Å². The Labute approximate surface area is 300 Å². The molecule has 0 saturated heterocycles. The maximum Gasteiger partial charge on any atom is 0.151 e. The van der Waals surface area contributed by atoms with Crippen molar-refractivity contribution in [1.29, 1.82) is 0 Å². The number of benzene rings is 4. The number of carbonyl (C=O) groups is 1. The molecule has 0 aliphatic heterocycles. The second kappa shape index (κ2) is 14.8. The predicted octanol–water partition coefficient (Wildman–Crippen LogP) is 10.3. The number of Topliss-reactive ketones (excluding diaryl/α,β-unsaturated/α-hetero) is 1. The number of hydrogen-bond donors (Lipinski definition) is 4. The number of nitrogens with one attached hydrogen (secondary N) is 4. The second-order valence-electron chi connectivity index (χ2n) is 12.6. The van der Waals surface area contributed by atoms with Gasteiger partial charge in [-0.15, -0.1) is 22.7 Å². The summed E-state index contributed by atoms with van der Waals surface area (Å²) in [4.78, 5) is 25.6. The first-order chi connectivity index (χ1) is 24.7. The molecule has 8 aromatic rings. The van der Waals surface area contributed by atoms with Crippen molar-refractivity contribution in [1.82, 2.24) is 20.6 Å². The molecule has 0 fully saturated rings. The molecule has 0 spiro atoms. The monoisotopic (exact) mass is 690 g/mol. The van der Waals surface area contributed by atoms with Gasteiger partial charge in [-0.05, 0) is 57.3 Å². The summed E-state index contributed by atoms with van der Waals surface area (Å²) in [6, 6.07) is 45.4. The average Bonchev–Trinajstić information content (AvgIpc) is 4.01. The van der Waals surface area contributed by atoms with Crippen molar-refractivity contribution >= 4 is 50.3 Å². The van der Waals surface area contributed by atoms with Crippen molar-refractivity contribution in [2.45, 2.75) is 37.0 Å². The minimum absolute atomic E-state index is 0.152. The van der Waals surface area contributed by atoms with Crippen molar-refractivity contribution < 1.29 is 4.79 Å². The molecule has 8 rings (SSSR count). The number of rotatable bonds is 14. The summed E-state index contributed by atoms with van der Waals surface area (Å²) in [7, 11) is 0. The van der Waals surface area contributed by atoms with Crippen molar-refractivity contribution in [3.63, 3.8) is 0 Å². The summed E-state index contributed by atoms with van der Waals surface area (Å²) >= 11 is 3.45. The van der Waals surface area contributed by atoms with Crippen LogP contribution in [0.4, 0.5) is 0 Å². The Balaban J connectivity index is 1.33. The quantitative estimate of drug-likeness (QED) is 0.0918. The molecule has 0 bridgehead atoms. The molecule has 4 atom stereocenters. The van der Waals surface area contributed by atoms with Crippen LogP contribution in [0.15, 0.2) is 157 Å². The summed E-state index contributed by atoms with van der Waals surface area (Å²) < 4.78 is 0. The normalized spacial score (nSPS) is 14.1. The maximum atomic E-state index is 16.2. The SMILES string of the molecule is O=C(C(c1c[nH]c2ccccc12)C(NCc1cccs1)c1ccccc1)C(c1c[nH]c2ccccc12)C(NCc1cccs1)c1ccccc1. The smallest absolute Gasteiger partial charge is 0.151 e. The van der Waals surface area contributed by atoms with Crippen LogP contribution in [0.1, 0.15) is 55.9 Å². The molecule has 4 N–H and O–H groups in total. The van der Waals surface area contributed by atoms with E-state index in [1.165, 1.54) is 9.75 Å². The lowest BCUT2D eigenvalue weighted by Gasteiger charge is -2.34. The van der Waals surface area contributed by atoms with Gasteiger partial charge in [0.15, 0.2) is 5.78 Å². The number of aromatic nitrogens is 2. The number of fused-ring (bicyclic) bond motifs is 2. The number of ketones is 1. The Hall–Kier alpha value is -5.05. The fourth-order valence-corrected chi connectivity index (χ4v) is 8.63. The molecule has 0 radical (unpaired) electrons. The number of H-pyrrole nitrogens is 2. The highest BCUT2D eigenvalue weighted by atomic mass is 32.1. The van der Waals surface area contributed by atoms with Crippen molar-refractivity contribution in [3.05, 3.63) is 189 Å². The van der Waals surface area contributed by atoms with Gasteiger partial charge in [0, 0.05) is 69.1 Å². The van der Waals surface area contributed by atoms with Gasteiger partial charge in [-0.1, -0.05) is 109 Å². The minimum Gasteiger partial charge on any atom is -0.361 e. The Kier molecular flexibility index (Phi) is 9.54. The highest BCUT2D eigenvalue weighted by Gasteiger charge is 2.42. The molecule has 4 unspecified atom stereocenters. The zero-order valence-corrected chi connectivity index (χ0v) is 29.1. The zero-order chi connectivity index (χ0) is 33.7. The van der Waals surface area contributed by atoms with Crippen molar-refractivity contribution in [2.24, 2.45) is 0 Å². The van der Waals surface area contributed by atoms with Gasteiger partial charge in [-0.3, -0.25) is 4.79 Å². The van der Waals surface area contributed by atoms with E-state index in [1.807, 2.05) is 24.3 Å². The molecular weight excluding hydrogens is 653 g/mol. The fourth-order valence-electron chi connectivity index (χ4n) is 7.31. The van der Waals surface area contributed by atoms with Gasteiger partial charge >= 0.3 is 0 Å². The molecule has 50 heavy (non-hydrogen) atoms. The van der Waals surface area contributed by atoms with Gasteiger partial charge in [-0.25, -0.2) is 0 Å². The van der Waals surface area contributed by atoms with Crippen LogP contribution in [-0.2, 0) is 17.9 Å². The van der Waals surface area contributed by atoms with Gasteiger partial charge in [0.25, 0.3) is 0 Å². The lowest BCUT2D eigenvalue weighted by Crippen LogP contribution is -2.38. The molecule has 5 nitrogen and oxygen atoms in total. The molecule has 0 amide bonds. The average molecular weight is 691 g/mol. The Morgan fingerprint density at radius 2 is 0.940 bits per heavy atom. The van der Waals surface area contributed by atoms with E-state index in [0.29, 0.717) is 13.1 Å². The number of thiophene rings is 2. The van der Waals surface area contributed by atoms with Gasteiger partial charge in [0.2, 0.25) is 0 Å². The molecule has 4 aromatic carbocycles. The van der Waals surface area contributed by atoms with Crippen LogP contribution in [0, 0.1) is 0 Å². The molecule has 248 valence electrons. The summed E-state index contributed by atoms with van der Waals surface area (Å²) in [5, 5.41) is 14.1. The van der Waals surface area contributed by atoms with E-state index in [-0.39, 0.29) is 17.9 Å². The van der Waals surface area contributed by atoms with Crippen LogP contribution in [-0.4, -0.2) is 15.8 Å².